The summed E-state index contributed by atoms with van der Waals surface area (Å²) in [6, 6.07) is 5.67. The number of fused-ring (bicyclic) bond motifs is 3. The van der Waals surface area contributed by atoms with E-state index in [1.165, 1.54) is 0 Å². The van der Waals surface area contributed by atoms with E-state index >= 15 is 0 Å². The number of aromatic amines is 1. The fraction of sp³-hybridized carbons (Fsp3) is 0.111. The molecule has 0 fully saturated rings. The van der Waals surface area contributed by atoms with E-state index in [2.05, 4.69) is 15.2 Å². The number of benzene rings is 1. The number of anilines is 1. The number of hydrogen-bond donors (Lipinski definition) is 2. The molecule has 0 bridgehead atoms. The minimum atomic E-state index is 0.726. The number of nitrogens with zero attached hydrogens (tertiary/aromatic N) is 3. The Hall–Kier alpha value is -2.04. The molecule has 0 aliphatic heterocycles. The van der Waals surface area contributed by atoms with Gasteiger partial charge in [-0.1, -0.05) is 0 Å². The first-order valence-electron chi connectivity index (χ1n) is 4.34. The van der Waals surface area contributed by atoms with E-state index in [1.807, 2.05) is 29.5 Å². The van der Waals surface area contributed by atoms with Crippen molar-refractivity contribution in [3.63, 3.8) is 0 Å². The zero-order valence-corrected chi connectivity index (χ0v) is 7.65. The summed E-state index contributed by atoms with van der Waals surface area (Å²) in [5.41, 5.74) is 8.32. The average molecular weight is 187 g/mol. The molecule has 0 spiro atoms. The second-order valence-corrected chi connectivity index (χ2v) is 3.29. The zero-order valence-electron chi connectivity index (χ0n) is 7.65. The molecule has 0 atom stereocenters. The van der Waals surface area contributed by atoms with Gasteiger partial charge in [0.1, 0.15) is 5.82 Å². The minimum absolute atomic E-state index is 0.726. The number of aromatic nitrogens is 4. The third-order valence-electron chi connectivity index (χ3n) is 2.32. The Morgan fingerprint density at radius 2 is 2.29 bits per heavy atom. The smallest absolute Gasteiger partial charge is 0.230 e. The van der Waals surface area contributed by atoms with Crippen molar-refractivity contribution >= 4 is 22.5 Å². The van der Waals surface area contributed by atoms with Crippen LogP contribution in [0.3, 0.4) is 0 Å². The van der Waals surface area contributed by atoms with Crippen molar-refractivity contribution in [3.8, 4) is 0 Å². The first-order chi connectivity index (χ1) is 6.75. The van der Waals surface area contributed by atoms with Crippen LogP contribution >= 0.6 is 0 Å². The minimum Gasteiger partial charge on any atom is -0.399 e. The maximum atomic E-state index is 5.68. The summed E-state index contributed by atoms with van der Waals surface area (Å²) in [6.07, 6.45) is 0. The summed E-state index contributed by atoms with van der Waals surface area (Å²) in [5, 5.41) is 6.93. The fourth-order valence-electron chi connectivity index (χ4n) is 1.68. The van der Waals surface area contributed by atoms with Crippen LogP contribution < -0.4 is 5.73 Å². The molecule has 1 aromatic carbocycles. The van der Waals surface area contributed by atoms with Crippen molar-refractivity contribution in [2.75, 3.05) is 5.73 Å². The Morgan fingerprint density at radius 3 is 3.14 bits per heavy atom. The van der Waals surface area contributed by atoms with E-state index in [1.54, 1.807) is 0 Å². The van der Waals surface area contributed by atoms with Crippen LogP contribution in [-0.2, 0) is 0 Å². The van der Waals surface area contributed by atoms with Crippen LogP contribution in [0.1, 0.15) is 5.82 Å². The average Bonchev–Trinajstić information content (AvgIpc) is 2.66. The van der Waals surface area contributed by atoms with Crippen molar-refractivity contribution in [3.05, 3.63) is 24.0 Å². The van der Waals surface area contributed by atoms with Gasteiger partial charge in [0, 0.05) is 5.69 Å². The standard InChI is InChI=1S/C9H9N5/c1-5-12-13-9-11-7-4-6(10)2-3-8(7)14(5)9/h2-4H,10H2,1H3,(H,11,13). The van der Waals surface area contributed by atoms with Gasteiger partial charge in [-0.3, -0.25) is 4.40 Å². The molecule has 3 aromatic rings. The van der Waals surface area contributed by atoms with Gasteiger partial charge in [0.2, 0.25) is 5.78 Å². The molecule has 0 saturated carbocycles. The summed E-state index contributed by atoms with van der Waals surface area (Å²) in [5.74, 6) is 1.65. The third-order valence-corrected chi connectivity index (χ3v) is 2.32. The fourth-order valence-corrected chi connectivity index (χ4v) is 1.68. The molecule has 0 aliphatic rings. The SMILES string of the molecule is Cc1n[nH]c2nc3cc(N)ccc3n12. The molecule has 0 radical (unpaired) electrons. The van der Waals surface area contributed by atoms with Crippen LogP contribution in [0.15, 0.2) is 18.2 Å². The molecule has 2 aromatic heterocycles. The molecule has 3 rings (SSSR count). The Kier molecular flexibility index (Phi) is 1.19. The highest BCUT2D eigenvalue weighted by Crippen LogP contribution is 2.18. The number of imidazole rings is 1. The maximum Gasteiger partial charge on any atom is 0.230 e. The second-order valence-electron chi connectivity index (χ2n) is 3.29. The van der Waals surface area contributed by atoms with Crippen LogP contribution in [0.25, 0.3) is 16.8 Å². The monoisotopic (exact) mass is 187 g/mol. The molecule has 0 aliphatic carbocycles. The van der Waals surface area contributed by atoms with E-state index in [4.69, 9.17) is 5.73 Å². The number of nitrogens with one attached hydrogen (secondary N) is 1. The molecular formula is C9H9N5. The van der Waals surface area contributed by atoms with Gasteiger partial charge in [0.05, 0.1) is 11.0 Å². The van der Waals surface area contributed by atoms with Gasteiger partial charge in [0.25, 0.3) is 0 Å². The van der Waals surface area contributed by atoms with Crippen LogP contribution in [0, 0.1) is 6.92 Å². The van der Waals surface area contributed by atoms with Crippen LogP contribution in [0.2, 0.25) is 0 Å². The number of rotatable bonds is 0. The highest BCUT2D eigenvalue weighted by Gasteiger charge is 2.08. The van der Waals surface area contributed by atoms with Crippen LogP contribution in [0.5, 0.6) is 0 Å². The van der Waals surface area contributed by atoms with Crippen molar-refractivity contribution in [1.29, 1.82) is 0 Å². The Labute approximate surface area is 79.6 Å². The molecule has 5 nitrogen and oxygen atoms in total. The lowest BCUT2D eigenvalue weighted by Gasteiger charge is -1.93. The van der Waals surface area contributed by atoms with Crippen molar-refractivity contribution in [2.45, 2.75) is 6.92 Å². The predicted molar refractivity (Wildman–Crippen MR) is 54.0 cm³/mol. The highest BCUT2D eigenvalue weighted by atomic mass is 15.3. The lowest BCUT2D eigenvalue weighted by molar-refractivity contribution is 1.02. The molecule has 0 saturated heterocycles. The molecule has 0 unspecified atom stereocenters. The normalized spacial score (nSPS) is 11.5. The number of aryl methyl sites for hydroxylation is 1. The van der Waals surface area contributed by atoms with Crippen LogP contribution in [-0.4, -0.2) is 19.6 Å². The van der Waals surface area contributed by atoms with Gasteiger partial charge in [-0.05, 0) is 25.1 Å². The summed E-state index contributed by atoms with van der Waals surface area (Å²) in [6.45, 7) is 1.93. The number of H-pyrrole nitrogens is 1. The van der Waals surface area contributed by atoms with Gasteiger partial charge in [-0.2, -0.15) is 5.10 Å². The molecule has 14 heavy (non-hydrogen) atoms. The molecule has 0 amide bonds. The molecular weight excluding hydrogens is 178 g/mol. The van der Waals surface area contributed by atoms with E-state index in [0.717, 1.165) is 28.3 Å². The largest absolute Gasteiger partial charge is 0.399 e. The van der Waals surface area contributed by atoms with E-state index in [0.29, 0.717) is 0 Å². The zero-order chi connectivity index (χ0) is 9.71. The van der Waals surface area contributed by atoms with E-state index < -0.39 is 0 Å². The van der Waals surface area contributed by atoms with Crippen LogP contribution in [0.4, 0.5) is 5.69 Å². The van der Waals surface area contributed by atoms with Gasteiger partial charge < -0.3 is 5.73 Å². The van der Waals surface area contributed by atoms with Gasteiger partial charge in [-0.15, -0.1) is 0 Å². The molecule has 70 valence electrons. The number of hydrogen-bond acceptors (Lipinski definition) is 3. The highest BCUT2D eigenvalue weighted by molar-refractivity contribution is 5.82. The third kappa shape index (κ3) is 0.783. The summed E-state index contributed by atoms with van der Waals surface area (Å²) in [4.78, 5) is 4.36. The molecule has 3 N–H and O–H groups in total. The summed E-state index contributed by atoms with van der Waals surface area (Å²) in [7, 11) is 0. The number of nitrogens with two attached hydrogens (primary N) is 1. The van der Waals surface area contributed by atoms with Crippen molar-refractivity contribution < 1.29 is 0 Å². The lowest BCUT2D eigenvalue weighted by Crippen LogP contribution is -1.86. The molecule has 5 heteroatoms. The predicted octanol–water partition coefficient (Wildman–Crippen LogP) is 1.10. The van der Waals surface area contributed by atoms with E-state index in [9.17, 15) is 0 Å². The van der Waals surface area contributed by atoms with Gasteiger partial charge >= 0.3 is 0 Å². The first kappa shape index (κ1) is 7.37. The van der Waals surface area contributed by atoms with E-state index in [-0.39, 0.29) is 0 Å². The molecule has 2 heterocycles. The van der Waals surface area contributed by atoms with Gasteiger partial charge in [0.15, 0.2) is 0 Å². The van der Waals surface area contributed by atoms with Crippen molar-refractivity contribution in [2.24, 2.45) is 0 Å². The van der Waals surface area contributed by atoms with Crippen molar-refractivity contribution in [1.82, 2.24) is 19.6 Å². The topological polar surface area (TPSA) is 72.0 Å². The number of nitrogen functional groups attached to an aromatic ring is 1. The Morgan fingerprint density at radius 1 is 1.43 bits per heavy atom. The first-order valence-corrected chi connectivity index (χ1v) is 4.34. The van der Waals surface area contributed by atoms with Gasteiger partial charge in [-0.25, -0.2) is 10.1 Å². The lowest BCUT2D eigenvalue weighted by atomic mass is 10.3. The maximum absolute atomic E-state index is 5.68. The summed E-state index contributed by atoms with van der Waals surface area (Å²) < 4.78 is 1.97. The quantitative estimate of drug-likeness (QED) is 0.518. The second kappa shape index (κ2) is 2.25. The summed E-state index contributed by atoms with van der Waals surface area (Å²) >= 11 is 0. The Balaban J connectivity index is 2.58. The Bertz CT molecular complexity index is 618.